The summed E-state index contributed by atoms with van der Waals surface area (Å²) in [6, 6.07) is 9.20. The number of hydrogen-bond acceptors (Lipinski definition) is 4. The molecule has 0 spiro atoms. The molecule has 2 saturated heterocycles. The maximum Gasteiger partial charge on any atom is 0.119 e. The Morgan fingerprint density at radius 1 is 1.27 bits per heavy atom. The zero-order valence-corrected chi connectivity index (χ0v) is 13.6. The largest absolute Gasteiger partial charge is 0.494 e. The standard InChI is InChI=1S/C18H28N2O2/c1-2-22-17-5-3-4-16(14-17)18(15-6-12-21-13-7-15)20-10-8-19-9-11-20/h3-5,14-15,18-19H,2,6-13H2,1H3/t18-/m1/s1. The Kier molecular flexibility index (Phi) is 5.70. The van der Waals surface area contributed by atoms with E-state index in [9.17, 15) is 0 Å². The van der Waals surface area contributed by atoms with Gasteiger partial charge in [-0.2, -0.15) is 0 Å². The van der Waals surface area contributed by atoms with E-state index in [2.05, 4.69) is 34.5 Å². The van der Waals surface area contributed by atoms with Crippen LogP contribution in [0.15, 0.2) is 24.3 Å². The van der Waals surface area contributed by atoms with Gasteiger partial charge in [-0.3, -0.25) is 4.90 Å². The third-order valence-electron chi connectivity index (χ3n) is 4.77. The van der Waals surface area contributed by atoms with E-state index in [0.717, 1.165) is 64.6 Å². The Bertz CT molecular complexity index is 436. The van der Waals surface area contributed by atoms with Crippen molar-refractivity contribution in [3.05, 3.63) is 29.8 Å². The molecule has 1 aromatic carbocycles. The SMILES string of the molecule is CCOc1cccc([C@@H](C2CCOCC2)N2CCNCC2)c1. The molecule has 0 radical (unpaired) electrons. The van der Waals surface area contributed by atoms with E-state index >= 15 is 0 Å². The summed E-state index contributed by atoms with van der Waals surface area (Å²) in [7, 11) is 0. The first-order valence-corrected chi connectivity index (χ1v) is 8.63. The molecule has 1 N–H and O–H groups in total. The Hall–Kier alpha value is -1.10. The van der Waals surface area contributed by atoms with Crippen LogP contribution in [0.1, 0.15) is 31.4 Å². The predicted molar refractivity (Wildman–Crippen MR) is 88.3 cm³/mol. The number of nitrogens with one attached hydrogen (secondary N) is 1. The summed E-state index contributed by atoms with van der Waals surface area (Å²) in [5.74, 6) is 1.68. The lowest BCUT2D eigenvalue weighted by Gasteiger charge is -2.41. The second-order valence-electron chi connectivity index (χ2n) is 6.19. The molecule has 0 saturated carbocycles. The molecule has 1 aromatic rings. The molecule has 0 aromatic heterocycles. The Morgan fingerprint density at radius 3 is 2.77 bits per heavy atom. The van der Waals surface area contributed by atoms with E-state index in [4.69, 9.17) is 9.47 Å². The first kappa shape index (κ1) is 15.8. The van der Waals surface area contributed by atoms with Crippen molar-refractivity contribution in [2.24, 2.45) is 5.92 Å². The monoisotopic (exact) mass is 304 g/mol. The molecule has 2 aliphatic rings. The van der Waals surface area contributed by atoms with E-state index in [0.29, 0.717) is 12.0 Å². The molecule has 4 heteroatoms. The molecule has 3 rings (SSSR count). The summed E-state index contributed by atoms with van der Waals surface area (Å²) in [5.41, 5.74) is 1.40. The van der Waals surface area contributed by atoms with Gasteiger partial charge in [0.15, 0.2) is 0 Å². The van der Waals surface area contributed by atoms with Crippen LogP contribution in [0.5, 0.6) is 5.75 Å². The lowest BCUT2D eigenvalue weighted by Crippen LogP contribution is -2.47. The van der Waals surface area contributed by atoms with Crippen molar-refractivity contribution in [3.8, 4) is 5.75 Å². The number of ether oxygens (including phenoxy) is 2. The van der Waals surface area contributed by atoms with Crippen molar-refractivity contribution >= 4 is 0 Å². The van der Waals surface area contributed by atoms with Crippen LogP contribution < -0.4 is 10.1 Å². The molecular weight excluding hydrogens is 276 g/mol. The molecule has 0 unspecified atom stereocenters. The molecular formula is C18H28N2O2. The highest BCUT2D eigenvalue weighted by atomic mass is 16.5. The van der Waals surface area contributed by atoms with E-state index in [1.807, 2.05) is 6.92 Å². The summed E-state index contributed by atoms with van der Waals surface area (Å²) in [6.07, 6.45) is 2.32. The summed E-state index contributed by atoms with van der Waals surface area (Å²) in [6.45, 7) is 8.99. The van der Waals surface area contributed by atoms with Crippen LogP contribution >= 0.6 is 0 Å². The van der Waals surface area contributed by atoms with Crippen LogP contribution in [0, 0.1) is 5.92 Å². The van der Waals surface area contributed by atoms with Crippen LogP contribution in [-0.4, -0.2) is 50.9 Å². The first-order chi connectivity index (χ1) is 10.9. The second kappa shape index (κ2) is 7.95. The molecule has 2 heterocycles. The van der Waals surface area contributed by atoms with Crippen LogP contribution in [0.2, 0.25) is 0 Å². The van der Waals surface area contributed by atoms with Gasteiger partial charge in [0.25, 0.3) is 0 Å². The third-order valence-corrected chi connectivity index (χ3v) is 4.77. The Balaban J connectivity index is 1.84. The average molecular weight is 304 g/mol. The van der Waals surface area contributed by atoms with Gasteiger partial charge < -0.3 is 14.8 Å². The second-order valence-corrected chi connectivity index (χ2v) is 6.19. The molecule has 0 amide bonds. The fourth-order valence-corrected chi connectivity index (χ4v) is 3.73. The maximum atomic E-state index is 5.72. The van der Waals surface area contributed by atoms with Gasteiger partial charge in [0, 0.05) is 45.4 Å². The minimum atomic E-state index is 0.492. The van der Waals surface area contributed by atoms with Crippen LogP contribution in [0.4, 0.5) is 0 Å². The summed E-state index contributed by atoms with van der Waals surface area (Å²) < 4.78 is 11.3. The molecule has 2 fully saturated rings. The van der Waals surface area contributed by atoms with Crippen molar-refractivity contribution < 1.29 is 9.47 Å². The molecule has 122 valence electrons. The van der Waals surface area contributed by atoms with Crippen molar-refractivity contribution in [3.63, 3.8) is 0 Å². The molecule has 22 heavy (non-hydrogen) atoms. The fourth-order valence-electron chi connectivity index (χ4n) is 3.73. The number of nitrogens with zero attached hydrogens (tertiary/aromatic N) is 1. The topological polar surface area (TPSA) is 33.7 Å². The quantitative estimate of drug-likeness (QED) is 0.906. The normalized spacial score (nSPS) is 22.4. The van der Waals surface area contributed by atoms with Gasteiger partial charge in [-0.15, -0.1) is 0 Å². The molecule has 2 aliphatic heterocycles. The molecule has 4 nitrogen and oxygen atoms in total. The van der Waals surface area contributed by atoms with Gasteiger partial charge in [-0.05, 0) is 43.4 Å². The zero-order valence-electron chi connectivity index (χ0n) is 13.6. The van der Waals surface area contributed by atoms with Gasteiger partial charge in [-0.1, -0.05) is 12.1 Å². The van der Waals surface area contributed by atoms with Gasteiger partial charge >= 0.3 is 0 Å². The number of benzene rings is 1. The summed E-state index contributed by atoms with van der Waals surface area (Å²) in [5, 5.41) is 3.46. The van der Waals surface area contributed by atoms with Gasteiger partial charge in [0.05, 0.1) is 6.61 Å². The van der Waals surface area contributed by atoms with Crippen molar-refractivity contribution in [2.75, 3.05) is 46.0 Å². The van der Waals surface area contributed by atoms with Gasteiger partial charge in [-0.25, -0.2) is 0 Å². The highest BCUT2D eigenvalue weighted by Crippen LogP contribution is 2.36. The van der Waals surface area contributed by atoms with Gasteiger partial charge in [0.1, 0.15) is 5.75 Å². The number of rotatable bonds is 5. The minimum Gasteiger partial charge on any atom is -0.494 e. The molecule has 1 atom stereocenters. The predicted octanol–water partition coefficient (Wildman–Crippen LogP) is 2.46. The maximum absolute atomic E-state index is 5.72. The molecule has 0 aliphatic carbocycles. The van der Waals surface area contributed by atoms with Crippen LogP contribution in [-0.2, 0) is 4.74 Å². The number of hydrogen-bond donors (Lipinski definition) is 1. The fraction of sp³-hybridized carbons (Fsp3) is 0.667. The Labute approximate surface area is 133 Å². The van der Waals surface area contributed by atoms with E-state index < -0.39 is 0 Å². The van der Waals surface area contributed by atoms with Crippen molar-refractivity contribution in [2.45, 2.75) is 25.8 Å². The highest BCUT2D eigenvalue weighted by Gasteiger charge is 2.31. The third kappa shape index (κ3) is 3.80. The lowest BCUT2D eigenvalue weighted by molar-refractivity contribution is 0.0212. The average Bonchev–Trinajstić information content (AvgIpc) is 2.58. The van der Waals surface area contributed by atoms with Crippen LogP contribution in [0.25, 0.3) is 0 Å². The summed E-state index contributed by atoms with van der Waals surface area (Å²) in [4.78, 5) is 2.65. The van der Waals surface area contributed by atoms with E-state index in [1.165, 1.54) is 5.56 Å². The highest BCUT2D eigenvalue weighted by molar-refractivity contribution is 5.31. The van der Waals surface area contributed by atoms with Crippen molar-refractivity contribution in [1.82, 2.24) is 10.2 Å². The van der Waals surface area contributed by atoms with Crippen LogP contribution in [0.3, 0.4) is 0 Å². The number of piperazine rings is 1. The van der Waals surface area contributed by atoms with E-state index in [1.54, 1.807) is 0 Å². The van der Waals surface area contributed by atoms with Crippen molar-refractivity contribution in [1.29, 1.82) is 0 Å². The van der Waals surface area contributed by atoms with Gasteiger partial charge in [0.2, 0.25) is 0 Å². The van der Waals surface area contributed by atoms with E-state index in [-0.39, 0.29) is 0 Å². The smallest absolute Gasteiger partial charge is 0.119 e. The molecule has 0 bridgehead atoms. The lowest BCUT2D eigenvalue weighted by atomic mass is 9.85. The minimum absolute atomic E-state index is 0.492. The Morgan fingerprint density at radius 2 is 2.05 bits per heavy atom. The zero-order chi connectivity index (χ0) is 15.2. The first-order valence-electron chi connectivity index (χ1n) is 8.63. The summed E-state index contributed by atoms with van der Waals surface area (Å²) >= 11 is 0.